The van der Waals surface area contributed by atoms with Crippen molar-refractivity contribution in [1.82, 2.24) is 0 Å². The fourth-order valence-corrected chi connectivity index (χ4v) is 4.83. The van der Waals surface area contributed by atoms with Crippen LogP contribution in [0.1, 0.15) is 136 Å². The Hall–Kier alpha value is 1.51. The Morgan fingerprint density at radius 1 is 0.621 bits per heavy atom. The number of aliphatic hydroxyl groups excluding tert-OH is 1. The van der Waals surface area contributed by atoms with E-state index in [1.54, 1.807) is 0 Å². The van der Waals surface area contributed by atoms with E-state index < -0.39 is 21.5 Å². The molecular weight excluding hydrogens is 411 g/mol. The van der Waals surface area contributed by atoms with Crippen molar-refractivity contribution in [2.24, 2.45) is 0 Å². The van der Waals surface area contributed by atoms with Gasteiger partial charge in [0.1, 0.15) is 10.1 Å². The molecule has 0 aliphatic heterocycles. The Morgan fingerprint density at radius 3 is 1.28 bits per heavy atom. The third-order valence-electron chi connectivity index (χ3n) is 5.75. The van der Waals surface area contributed by atoms with Crippen molar-refractivity contribution in [3.63, 3.8) is 0 Å². The second-order valence-corrected chi connectivity index (χ2v) is 10.1. The summed E-state index contributed by atoms with van der Waals surface area (Å²) in [6.45, 7) is 4.42. The minimum Gasteiger partial charge on any atom is -0.748 e. The minimum atomic E-state index is -4.43. The average Bonchev–Trinajstić information content (AvgIpc) is 2.64. The summed E-state index contributed by atoms with van der Waals surface area (Å²) in [4.78, 5) is 0. The molecule has 1 N–H and O–H groups in total. The monoisotopic (exact) mass is 458 g/mol. The summed E-state index contributed by atoms with van der Waals surface area (Å²) < 4.78 is 34.7. The summed E-state index contributed by atoms with van der Waals surface area (Å²) in [7, 11) is -4.43. The Labute approximate surface area is 224 Å². The number of aliphatic hydroxyl groups is 1. The molecule has 0 aromatic rings. The molecule has 0 saturated carbocycles. The van der Waals surface area contributed by atoms with Crippen LogP contribution in [-0.2, 0) is 10.1 Å². The first kappa shape index (κ1) is 32.7. The maximum absolute atomic E-state index is 11.6. The first-order valence-corrected chi connectivity index (χ1v) is 13.5. The van der Waals surface area contributed by atoms with Crippen LogP contribution in [0.15, 0.2) is 0 Å². The van der Waals surface area contributed by atoms with E-state index in [9.17, 15) is 18.1 Å². The molecule has 0 heterocycles. The van der Waals surface area contributed by atoms with Gasteiger partial charge in [0.25, 0.3) is 0 Å². The smallest absolute Gasteiger partial charge is 0.748 e. The van der Waals surface area contributed by atoms with E-state index in [2.05, 4.69) is 13.8 Å². The molecule has 0 aromatic heterocycles. The second-order valence-electron chi connectivity index (χ2n) is 8.48. The summed E-state index contributed by atoms with van der Waals surface area (Å²) in [5.74, 6) is 0. The molecular formula is C23H47KO4S. The number of rotatable bonds is 21. The van der Waals surface area contributed by atoms with Crippen LogP contribution in [0.5, 0.6) is 0 Å². The molecule has 0 aliphatic carbocycles. The molecule has 2 atom stereocenters. The summed E-state index contributed by atoms with van der Waals surface area (Å²) >= 11 is 0. The van der Waals surface area contributed by atoms with E-state index >= 15 is 0 Å². The topological polar surface area (TPSA) is 77.4 Å². The Balaban J connectivity index is 0. The van der Waals surface area contributed by atoms with E-state index in [1.165, 1.54) is 70.6 Å². The maximum atomic E-state index is 11.6. The van der Waals surface area contributed by atoms with Crippen LogP contribution >= 0.6 is 0 Å². The molecule has 170 valence electrons. The first-order chi connectivity index (χ1) is 13.4. The molecule has 6 heteroatoms. The molecule has 0 saturated heterocycles. The van der Waals surface area contributed by atoms with E-state index in [-0.39, 0.29) is 51.4 Å². The number of unbranched alkanes of at least 4 members (excludes halogenated alkanes) is 15. The fraction of sp³-hybridized carbons (Fsp3) is 1.00. The molecule has 0 amide bonds. The van der Waals surface area contributed by atoms with Crippen molar-refractivity contribution in [2.75, 3.05) is 0 Å². The van der Waals surface area contributed by atoms with Gasteiger partial charge in [-0.2, -0.15) is 0 Å². The zero-order chi connectivity index (χ0) is 21.1. The standard InChI is InChI=1S/C23H48O4S.K/c1-3-5-7-9-11-13-14-16-18-20-22(24)23(28(25,26)27)21-19-17-15-12-10-8-6-4-2;/h22-24H,3-21H2,1-2H3,(H,25,26,27);/q;+1/p-1. The Kier molecular flexibility index (Phi) is 25.6. The van der Waals surface area contributed by atoms with Gasteiger partial charge in [0.15, 0.2) is 0 Å². The quantitative estimate of drug-likeness (QED) is 0.162. The first-order valence-electron chi connectivity index (χ1n) is 12.1. The summed E-state index contributed by atoms with van der Waals surface area (Å²) in [6.07, 6.45) is 19.3. The SMILES string of the molecule is CCCCCCCCCCCC(O)C(CCCCCCCCCC)S(=O)(=O)[O-].[K+]. The molecule has 0 fully saturated rings. The van der Waals surface area contributed by atoms with Crippen LogP contribution in [0.4, 0.5) is 0 Å². The molecule has 2 unspecified atom stereocenters. The van der Waals surface area contributed by atoms with Crippen LogP contribution < -0.4 is 51.4 Å². The third-order valence-corrected chi connectivity index (χ3v) is 7.04. The van der Waals surface area contributed by atoms with Crippen molar-refractivity contribution in [2.45, 2.75) is 147 Å². The predicted molar refractivity (Wildman–Crippen MR) is 119 cm³/mol. The van der Waals surface area contributed by atoms with Gasteiger partial charge in [-0.3, -0.25) is 0 Å². The van der Waals surface area contributed by atoms with Crippen molar-refractivity contribution < 1.29 is 69.5 Å². The minimum absolute atomic E-state index is 0. The van der Waals surface area contributed by atoms with Crippen molar-refractivity contribution >= 4 is 10.1 Å². The summed E-state index contributed by atoms with van der Waals surface area (Å²) in [5, 5.41) is 9.14. The maximum Gasteiger partial charge on any atom is 1.00 e. The van der Waals surface area contributed by atoms with Gasteiger partial charge >= 0.3 is 51.4 Å². The van der Waals surface area contributed by atoms with Gasteiger partial charge < -0.3 is 9.66 Å². The van der Waals surface area contributed by atoms with E-state index in [0.29, 0.717) is 19.3 Å². The molecule has 0 bridgehead atoms. The van der Waals surface area contributed by atoms with Gasteiger partial charge in [-0.25, -0.2) is 8.42 Å². The van der Waals surface area contributed by atoms with E-state index in [0.717, 1.165) is 32.1 Å². The molecule has 0 aliphatic rings. The van der Waals surface area contributed by atoms with Crippen LogP contribution in [0.3, 0.4) is 0 Å². The normalized spacial score (nSPS) is 13.8. The molecule has 0 spiro atoms. The number of hydrogen-bond donors (Lipinski definition) is 1. The van der Waals surface area contributed by atoms with Crippen molar-refractivity contribution in [1.29, 1.82) is 0 Å². The zero-order valence-corrected chi connectivity index (χ0v) is 23.6. The molecule has 0 rings (SSSR count). The Morgan fingerprint density at radius 2 is 0.931 bits per heavy atom. The predicted octanol–water partition coefficient (Wildman–Crippen LogP) is 3.72. The summed E-state index contributed by atoms with van der Waals surface area (Å²) in [5.41, 5.74) is 0. The molecule has 0 aromatic carbocycles. The second kappa shape index (κ2) is 22.7. The largest absolute Gasteiger partial charge is 1.00 e. The van der Waals surface area contributed by atoms with Crippen LogP contribution in [0, 0.1) is 0 Å². The zero-order valence-electron chi connectivity index (χ0n) is 19.7. The fourth-order valence-electron chi connectivity index (χ4n) is 3.86. The van der Waals surface area contributed by atoms with Gasteiger partial charge in [-0.05, 0) is 12.8 Å². The van der Waals surface area contributed by atoms with Crippen LogP contribution in [0.2, 0.25) is 0 Å². The van der Waals surface area contributed by atoms with Gasteiger partial charge in [0, 0.05) is 0 Å². The third kappa shape index (κ3) is 21.1. The molecule has 29 heavy (non-hydrogen) atoms. The molecule has 4 nitrogen and oxygen atoms in total. The van der Waals surface area contributed by atoms with Gasteiger partial charge in [-0.1, -0.05) is 123 Å². The Bertz CT molecular complexity index is 429. The van der Waals surface area contributed by atoms with Crippen molar-refractivity contribution in [3.8, 4) is 0 Å². The summed E-state index contributed by atoms with van der Waals surface area (Å²) in [6, 6.07) is 0. The molecule has 0 radical (unpaired) electrons. The van der Waals surface area contributed by atoms with Gasteiger partial charge in [0.2, 0.25) is 0 Å². The van der Waals surface area contributed by atoms with Crippen LogP contribution in [-0.4, -0.2) is 29.4 Å². The van der Waals surface area contributed by atoms with Crippen molar-refractivity contribution in [3.05, 3.63) is 0 Å². The van der Waals surface area contributed by atoms with Gasteiger partial charge in [-0.15, -0.1) is 0 Å². The van der Waals surface area contributed by atoms with E-state index in [1.807, 2.05) is 0 Å². The number of hydrogen-bond acceptors (Lipinski definition) is 4. The van der Waals surface area contributed by atoms with Gasteiger partial charge in [0.05, 0.1) is 11.4 Å². The van der Waals surface area contributed by atoms with Crippen LogP contribution in [0.25, 0.3) is 0 Å². The average molecular weight is 459 g/mol. The van der Waals surface area contributed by atoms with E-state index in [4.69, 9.17) is 0 Å².